The smallest absolute Gasteiger partial charge is 0.258 e. The Morgan fingerprint density at radius 2 is 1.05 bits per heavy atom. The Bertz CT molecular complexity index is 1600. The zero-order valence-corrected chi connectivity index (χ0v) is 23.1. The predicted molar refractivity (Wildman–Crippen MR) is 165 cm³/mol. The number of non-ortho nitro benzene ring substituents is 1. The molecule has 0 aliphatic carbocycles. The van der Waals surface area contributed by atoms with Crippen LogP contribution in [0.2, 0.25) is 0 Å². The van der Waals surface area contributed by atoms with Crippen molar-refractivity contribution >= 4 is 53.3 Å². The first kappa shape index (κ1) is 27.1. The summed E-state index contributed by atoms with van der Waals surface area (Å²) in [4.78, 5) is 22.4. The van der Waals surface area contributed by atoms with Gasteiger partial charge in [0.1, 0.15) is 5.69 Å². The second-order valence-corrected chi connectivity index (χ2v) is 14.8. The lowest BCUT2D eigenvalue weighted by atomic mass is 10.2. The monoisotopic (exact) mass is 565 g/mol. The molecule has 0 radical (unpaired) electrons. The van der Waals surface area contributed by atoms with E-state index >= 15 is 0 Å². The van der Waals surface area contributed by atoms with Crippen LogP contribution < -0.4 is 21.2 Å². The average molecular weight is 566 g/mol. The molecule has 0 heterocycles. The molecule has 5 aromatic rings. The number of hydrogen-bond donors (Lipinski definition) is 0. The lowest BCUT2D eigenvalue weighted by Gasteiger charge is -2.31. The fraction of sp³-hybridized carbons (Fsp3) is 0.0323. The van der Waals surface area contributed by atoms with Crippen molar-refractivity contribution in [1.29, 1.82) is 0 Å². The van der Waals surface area contributed by atoms with Crippen molar-refractivity contribution in [2.24, 2.45) is 4.74 Å². The number of rotatable bonds is 9. The number of hydrogen-bond acceptors (Lipinski definition) is 5. The molecule has 0 saturated carbocycles. The van der Waals surface area contributed by atoms with Crippen LogP contribution in [0.5, 0.6) is 0 Å². The minimum Gasteiger partial charge on any atom is -0.258 e. The Morgan fingerprint density at radius 3 is 1.48 bits per heavy atom. The quantitative estimate of drug-likeness (QED) is 0.108. The third-order valence-corrected chi connectivity index (χ3v) is 14.0. The van der Waals surface area contributed by atoms with Crippen LogP contribution >= 0.6 is 15.0 Å². The Balaban J connectivity index is 1.85. The number of benzene rings is 5. The summed E-state index contributed by atoms with van der Waals surface area (Å²) in [7, 11) is -3.68. The van der Waals surface area contributed by atoms with E-state index in [1.807, 2.05) is 97.1 Å². The van der Waals surface area contributed by atoms with E-state index in [-0.39, 0.29) is 17.1 Å². The van der Waals surface area contributed by atoms with Crippen LogP contribution in [-0.4, -0.2) is 15.7 Å². The number of nitrogens with zero attached hydrogens (tertiary/aromatic N) is 3. The molecule has 0 N–H and O–H groups in total. The van der Waals surface area contributed by atoms with Gasteiger partial charge in [0.05, 0.1) is 15.9 Å². The van der Waals surface area contributed by atoms with Crippen molar-refractivity contribution < 1.29 is 9.85 Å². The lowest BCUT2D eigenvalue weighted by Crippen LogP contribution is -2.23. The Hall–Kier alpha value is -4.44. The van der Waals surface area contributed by atoms with Gasteiger partial charge in [0.15, 0.2) is 0 Å². The molecule has 9 heteroatoms. The lowest BCUT2D eigenvalue weighted by molar-refractivity contribution is -0.393. The Labute approximate surface area is 233 Å². The van der Waals surface area contributed by atoms with E-state index in [4.69, 9.17) is 4.74 Å². The number of nitro groups is 2. The van der Waals surface area contributed by atoms with Gasteiger partial charge in [-0.2, -0.15) is 0 Å². The summed E-state index contributed by atoms with van der Waals surface area (Å²) in [5.41, 5.74) is -0.591. The summed E-state index contributed by atoms with van der Waals surface area (Å²) in [6.45, 7) is 0. The van der Waals surface area contributed by atoms with Crippen LogP contribution in [0.4, 0.5) is 17.1 Å². The van der Waals surface area contributed by atoms with Crippen molar-refractivity contribution in [2.45, 2.75) is 0 Å². The highest BCUT2D eigenvalue weighted by molar-refractivity contribution is 7.92. The van der Waals surface area contributed by atoms with Gasteiger partial charge in [0.2, 0.25) is 0 Å². The minimum atomic E-state index is -2.74. The van der Waals surface area contributed by atoms with Crippen molar-refractivity contribution in [3.8, 4) is 0 Å². The van der Waals surface area contributed by atoms with Crippen LogP contribution in [-0.2, 0) is 0 Å². The summed E-state index contributed by atoms with van der Waals surface area (Å²) in [6, 6.07) is 44.1. The minimum absolute atomic E-state index is 0.132. The molecular formula is C31H25N3O4P2. The zero-order valence-electron chi connectivity index (χ0n) is 21.4. The highest BCUT2D eigenvalue weighted by Crippen LogP contribution is 2.59. The maximum atomic E-state index is 12.2. The summed E-state index contributed by atoms with van der Waals surface area (Å²) in [5, 5.41) is 27.9. The van der Waals surface area contributed by atoms with Crippen molar-refractivity contribution in [3.63, 3.8) is 0 Å². The van der Waals surface area contributed by atoms with Gasteiger partial charge >= 0.3 is 5.69 Å². The third kappa shape index (κ3) is 5.76. The van der Waals surface area contributed by atoms with Gasteiger partial charge in [-0.3, -0.25) is 25.0 Å². The van der Waals surface area contributed by atoms with Crippen molar-refractivity contribution in [1.82, 2.24) is 0 Å². The average Bonchev–Trinajstić information content (AvgIpc) is 3.01. The summed E-state index contributed by atoms with van der Waals surface area (Å²) in [6.07, 6.45) is 0. The molecule has 0 spiro atoms. The molecule has 0 bridgehead atoms. The van der Waals surface area contributed by atoms with Crippen molar-refractivity contribution in [2.75, 3.05) is 5.90 Å². The van der Waals surface area contributed by atoms with Crippen LogP contribution in [0.3, 0.4) is 0 Å². The molecular weight excluding hydrogens is 540 g/mol. The van der Waals surface area contributed by atoms with Gasteiger partial charge in [-0.15, -0.1) is 0 Å². The first-order valence-corrected chi connectivity index (χ1v) is 16.0. The molecule has 0 unspecified atom stereocenters. The zero-order chi connectivity index (χ0) is 28.0. The first-order chi connectivity index (χ1) is 19.5. The normalized spacial score (nSPS) is 11.2. The van der Waals surface area contributed by atoms with E-state index in [1.165, 1.54) is 22.7 Å². The molecule has 7 nitrogen and oxygen atoms in total. The van der Waals surface area contributed by atoms with Crippen LogP contribution in [0, 0.1) is 20.2 Å². The Morgan fingerprint density at radius 1 is 0.600 bits per heavy atom. The molecule has 0 atom stereocenters. The number of nitro benzene ring substituents is 2. The first-order valence-electron chi connectivity index (χ1n) is 12.5. The van der Waals surface area contributed by atoms with E-state index in [2.05, 4.69) is 24.3 Å². The predicted octanol–water partition coefficient (Wildman–Crippen LogP) is 7.08. The summed E-state index contributed by atoms with van der Waals surface area (Å²) in [5.74, 6) is 0.624. The molecule has 198 valence electrons. The van der Waals surface area contributed by atoms with Crippen LogP contribution in [0.1, 0.15) is 0 Å². The van der Waals surface area contributed by atoms with E-state index < -0.39 is 24.8 Å². The SMILES string of the molecule is O=[N+]([O-])c1ccc(N=P(CP(c2ccccc2)c2ccccc2)(c2ccccc2)c2ccccc2)c([N+](=O)[O-])c1. The molecule has 0 saturated heterocycles. The van der Waals surface area contributed by atoms with Crippen LogP contribution in [0.25, 0.3) is 0 Å². The molecule has 0 fully saturated rings. The summed E-state index contributed by atoms with van der Waals surface area (Å²) >= 11 is 0. The molecule has 5 aromatic carbocycles. The molecule has 0 aliphatic heterocycles. The second kappa shape index (κ2) is 12.2. The highest BCUT2D eigenvalue weighted by Gasteiger charge is 2.32. The van der Waals surface area contributed by atoms with Gasteiger partial charge in [0, 0.05) is 19.0 Å². The fourth-order valence-corrected chi connectivity index (χ4v) is 12.8. The van der Waals surface area contributed by atoms with Gasteiger partial charge < -0.3 is 0 Å². The maximum Gasteiger partial charge on any atom is 0.301 e. The largest absolute Gasteiger partial charge is 0.301 e. The maximum absolute atomic E-state index is 12.2. The molecule has 40 heavy (non-hydrogen) atoms. The standard InChI is InChI=1S/C31H25N3O4P2/c35-33(36)25-21-22-30(31(23-25)34(37)38)32-40(28-17-9-3-10-18-28,29-19-11-4-12-20-29)24-39(26-13-5-1-6-14-26)27-15-7-2-8-16-27/h1-23H,24H2. The topological polar surface area (TPSA) is 98.6 Å². The second-order valence-electron chi connectivity index (χ2n) is 8.97. The third-order valence-electron chi connectivity index (χ3n) is 6.49. The van der Waals surface area contributed by atoms with Crippen LogP contribution in [0.15, 0.2) is 144 Å². The van der Waals surface area contributed by atoms with Gasteiger partial charge in [-0.25, -0.2) is 0 Å². The van der Waals surface area contributed by atoms with Crippen molar-refractivity contribution in [3.05, 3.63) is 160 Å². The van der Waals surface area contributed by atoms with E-state index in [1.54, 1.807) is 0 Å². The molecule has 0 amide bonds. The van der Waals surface area contributed by atoms with E-state index in [0.29, 0.717) is 5.90 Å². The van der Waals surface area contributed by atoms with E-state index in [9.17, 15) is 20.2 Å². The molecule has 0 aliphatic rings. The summed E-state index contributed by atoms with van der Waals surface area (Å²) < 4.78 is 5.31. The van der Waals surface area contributed by atoms with E-state index in [0.717, 1.165) is 16.7 Å². The molecule has 5 rings (SSSR count). The fourth-order valence-electron chi connectivity index (χ4n) is 4.58. The highest BCUT2D eigenvalue weighted by atomic mass is 31.2. The van der Waals surface area contributed by atoms with Gasteiger partial charge in [-0.1, -0.05) is 121 Å². The Kier molecular flexibility index (Phi) is 8.26. The molecule has 0 aromatic heterocycles. The van der Waals surface area contributed by atoms with Gasteiger partial charge in [-0.05, 0) is 35.2 Å². The van der Waals surface area contributed by atoms with Gasteiger partial charge in [0.25, 0.3) is 5.69 Å².